The lowest BCUT2D eigenvalue weighted by Crippen LogP contribution is -2.28. The summed E-state index contributed by atoms with van der Waals surface area (Å²) in [6, 6.07) is 14.2. The number of thioether (sulfide) groups is 1. The molecule has 0 unspecified atom stereocenters. The summed E-state index contributed by atoms with van der Waals surface area (Å²) in [5.41, 5.74) is 4.08. The van der Waals surface area contributed by atoms with Crippen LogP contribution < -0.4 is 9.47 Å². The summed E-state index contributed by atoms with van der Waals surface area (Å²) in [4.78, 5) is 14.2. The Morgan fingerprint density at radius 2 is 2.00 bits per heavy atom. The Morgan fingerprint density at radius 1 is 1.22 bits per heavy atom. The van der Waals surface area contributed by atoms with Crippen LogP contribution in [0.3, 0.4) is 0 Å². The topological polar surface area (TPSA) is 50.3 Å². The molecule has 136 valence electrons. The van der Waals surface area contributed by atoms with Crippen LogP contribution in [-0.2, 0) is 7.05 Å². The maximum Gasteiger partial charge on any atom is 0.288 e. The molecule has 1 aliphatic rings. The number of nitro benzene ring substituents is 1. The van der Waals surface area contributed by atoms with Gasteiger partial charge in [-0.15, -0.1) is 0 Å². The third-order valence-corrected chi connectivity index (χ3v) is 6.08. The van der Waals surface area contributed by atoms with Crippen LogP contribution >= 0.6 is 11.8 Å². The van der Waals surface area contributed by atoms with E-state index >= 15 is 0 Å². The van der Waals surface area contributed by atoms with Crippen molar-refractivity contribution in [3.8, 4) is 0 Å². The molecule has 0 spiro atoms. The molecule has 0 bridgehead atoms. The van der Waals surface area contributed by atoms with Gasteiger partial charge in [0.1, 0.15) is 11.9 Å². The number of aryl methyl sites for hydroxylation is 2. The molecule has 1 aliphatic heterocycles. The number of pyridine rings is 1. The van der Waals surface area contributed by atoms with Crippen molar-refractivity contribution < 1.29 is 9.49 Å². The molecule has 2 heterocycles. The standard InChI is InChI=1S/C21H20N3O2S/c1-4-23-18-10-9-14(2)20(24(25)26)21(18)27-19(23)13-15-11-12-22(3)17-8-6-5-7-16(15)17/h5-13H,4H2,1-3H3/q+1. The van der Waals surface area contributed by atoms with E-state index in [1.54, 1.807) is 6.92 Å². The van der Waals surface area contributed by atoms with Crippen molar-refractivity contribution in [2.75, 3.05) is 11.4 Å². The molecular weight excluding hydrogens is 358 g/mol. The van der Waals surface area contributed by atoms with Gasteiger partial charge in [-0.05, 0) is 37.6 Å². The van der Waals surface area contributed by atoms with E-state index < -0.39 is 0 Å². The molecule has 3 aromatic rings. The quantitative estimate of drug-likeness (QED) is 0.373. The Morgan fingerprint density at radius 3 is 2.74 bits per heavy atom. The third kappa shape index (κ3) is 2.86. The number of nitrogens with zero attached hydrogens (tertiary/aromatic N) is 3. The van der Waals surface area contributed by atoms with Gasteiger partial charge < -0.3 is 4.90 Å². The molecule has 4 rings (SSSR count). The Kier molecular flexibility index (Phi) is 4.36. The zero-order valence-electron chi connectivity index (χ0n) is 15.5. The number of fused-ring (bicyclic) bond motifs is 2. The molecule has 0 saturated carbocycles. The molecule has 0 aliphatic carbocycles. The molecule has 0 saturated heterocycles. The number of hydrogen-bond donors (Lipinski definition) is 0. The van der Waals surface area contributed by atoms with E-state index in [0.29, 0.717) is 5.56 Å². The van der Waals surface area contributed by atoms with E-state index in [9.17, 15) is 10.1 Å². The van der Waals surface area contributed by atoms with Crippen LogP contribution in [0.1, 0.15) is 18.1 Å². The fourth-order valence-corrected chi connectivity index (χ4v) is 4.91. The van der Waals surface area contributed by atoms with Crippen molar-refractivity contribution in [1.29, 1.82) is 0 Å². The number of aromatic nitrogens is 1. The minimum atomic E-state index is -0.268. The van der Waals surface area contributed by atoms with Gasteiger partial charge in [0, 0.05) is 24.2 Å². The van der Waals surface area contributed by atoms with Gasteiger partial charge in [0.2, 0.25) is 5.52 Å². The van der Waals surface area contributed by atoms with Crippen molar-refractivity contribution in [3.63, 3.8) is 0 Å². The highest BCUT2D eigenvalue weighted by Gasteiger charge is 2.32. The second kappa shape index (κ2) is 6.70. The molecule has 0 radical (unpaired) electrons. The van der Waals surface area contributed by atoms with Gasteiger partial charge in [-0.3, -0.25) is 10.1 Å². The molecule has 1 aromatic heterocycles. The lowest BCUT2D eigenvalue weighted by Gasteiger charge is -2.18. The van der Waals surface area contributed by atoms with Gasteiger partial charge in [0.15, 0.2) is 6.20 Å². The molecule has 6 heteroatoms. The summed E-state index contributed by atoms with van der Waals surface area (Å²) < 4.78 is 2.10. The minimum Gasteiger partial charge on any atom is -0.335 e. The van der Waals surface area contributed by atoms with Crippen LogP contribution in [0.25, 0.3) is 17.0 Å². The highest BCUT2D eigenvalue weighted by Crippen LogP contribution is 2.51. The van der Waals surface area contributed by atoms with Crippen molar-refractivity contribution in [2.45, 2.75) is 18.7 Å². The number of rotatable bonds is 3. The van der Waals surface area contributed by atoms with E-state index in [4.69, 9.17) is 0 Å². The first-order valence-electron chi connectivity index (χ1n) is 8.83. The molecule has 0 atom stereocenters. The van der Waals surface area contributed by atoms with Crippen LogP contribution in [0.4, 0.5) is 11.4 Å². The lowest BCUT2D eigenvalue weighted by atomic mass is 10.1. The Labute approximate surface area is 162 Å². The summed E-state index contributed by atoms with van der Waals surface area (Å²) in [6.45, 7) is 4.62. The second-order valence-corrected chi connectivity index (χ2v) is 7.60. The van der Waals surface area contributed by atoms with Crippen molar-refractivity contribution in [2.24, 2.45) is 7.05 Å². The molecule has 0 N–H and O–H groups in total. The summed E-state index contributed by atoms with van der Waals surface area (Å²) in [7, 11) is 2.03. The zero-order chi connectivity index (χ0) is 19.1. The van der Waals surface area contributed by atoms with Gasteiger partial charge in [-0.1, -0.05) is 30.0 Å². The van der Waals surface area contributed by atoms with Gasteiger partial charge >= 0.3 is 0 Å². The molecule has 27 heavy (non-hydrogen) atoms. The summed E-state index contributed by atoms with van der Waals surface area (Å²) in [6.07, 6.45) is 4.18. The Hall–Kier alpha value is -2.86. The highest BCUT2D eigenvalue weighted by molar-refractivity contribution is 8.04. The van der Waals surface area contributed by atoms with Gasteiger partial charge in [0.25, 0.3) is 5.69 Å². The van der Waals surface area contributed by atoms with Crippen LogP contribution in [0, 0.1) is 17.0 Å². The Bertz CT molecular complexity index is 1110. The van der Waals surface area contributed by atoms with Crippen LogP contribution in [0.5, 0.6) is 0 Å². The molecule has 2 aromatic carbocycles. The van der Waals surface area contributed by atoms with Gasteiger partial charge in [-0.25, -0.2) is 4.57 Å². The van der Waals surface area contributed by atoms with Crippen molar-refractivity contribution in [1.82, 2.24) is 0 Å². The van der Waals surface area contributed by atoms with Crippen LogP contribution in [-0.4, -0.2) is 11.5 Å². The first-order chi connectivity index (χ1) is 13.0. The van der Waals surface area contributed by atoms with E-state index in [0.717, 1.165) is 38.6 Å². The number of benzene rings is 2. The smallest absolute Gasteiger partial charge is 0.288 e. The fourth-order valence-electron chi connectivity index (χ4n) is 3.56. The maximum atomic E-state index is 11.6. The normalized spacial score (nSPS) is 14.8. The number of hydrogen-bond acceptors (Lipinski definition) is 4. The first kappa shape index (κ1) is 17.5. The predicted octanol–water partition coefficient (Wildman–Crippen LogP) is 4.81. The van der Waals surface area contributed by atoms with Gasteiger partial charge in [0.05, 0.1) is 21.0 Å². The largest absolute Gasteiger partial charge is 0.335 e. The number of para-hydroxylation sites is 1. The second-order valence-electron chi connectivity index (χ2n) is 6.56. The van der Waals surface area contributed by atoms with Crippen LogP contribution in [0.15, 0.2) is 58.6 Å². The van der Waals surface area contributed by atoms with E-state index in [1.165, 1.54) is 11.8 Å². The minimum absolute atomic E-state index is 0.212. The van der Waals surface area contributed by atoms with E-state index in [2.05, 4.69) is 40.7 Å². The average molecular weight is 378 g/mol. The SMILES string of the molecule is CCN1/C(=C\c2cc[n+](C)c3ccccc23)Sc2c1ccc(C)c2[N+](=O)[O-]. The monoisotopic (exact) mass is 378 g/mol. The number of nitro groups is 1. The van der Waals surface area contributed by atoms with E-state index in [1.807, 2.05) is 37.5 Å². The average Bonchev–Trinajstić information content (AvgIpc) is 3.00. The molecular formula is C21H20N3O2S+. The summed E-state index contributed by atoms with van der Waals surface area (Å²) in [5, 5.41) is 13.8. The molecule has 0 fully saturated rings. The predicted molar refractivity (Wildman–Crippen MR) is 110 cm³/mol. The highest BCUT2D eigenvalue weighted by atomic mass is 32.2. The third-order valence-electron chi connectivity index (χ3n) is 4.93. The molecule has 5 nitrogen and oxygen atoms in total. The number of anilines is 1. The zero-order valence-corrected chi connectivity index (χ0v) is 16.3. The maximum absolute atomic E-state index is 11.6. The summed E-state index contributed by atoms with van der Waals surface area (Å²) in [5.74, 6) is 0. The van der Waals surface area contributed by atoms with Crippen molar-refractivity contribution >= 4 is 40.1 Å². The lowest BCUT2D eigenvalue weighted by molar-refractivity contribution is -0.644. The van der Waals surface area contributed by atoms with Gasteiger partial charge in [-0.2, -0.15) is 0 Å². The Balaban J connectivity index is 1.87. The fraction of sp³-hybridized carbons (Fsp3) is 0.190. The first-order valence-corrected chi connectivity index (χ1v) is 9.65. The van der Waals surface area contributed by atoms with Crippen LogP contribution in [0.2, 0.25) is 0 Å². The summed E-state index contributed by atoms with van der Waals surface area (Å²) >= 11 is 1.48. The van der Waals surface area contributed by atoms with E-state index in [-0.39, 0.29) is 10.6 Å². The molecule has 0 amide bonds. The van der Waals surface area contributed by atoms with Crippen molar-refractivity contribution in [3.05, 3.63) is 74.9 Å².